The first-order valence-corrected chi connectivity index (χ1v) is 13.9. The van der Waals surface area contributed by atoms with Crippen LogP contribution in [0.4, 0.5) is 11.6 Å². The number of amides is 1. The van der Waals surface area contributed by atoms with E-state index in [0.29, 0.717) is 11.8 Å². The maximum Gasteiger partial charge on any atom is 0.274 e. The second kappa shape index (κ2) is 13.6. The van der Waals surface area contributed by atoms with E-state index in [1.54, 1.807) is 14.2 Å². The summed E-state index contributed by atoms with van der Waals surface area (Å²) >= 11 is 6.01. The minimum atomic E-state index is -0.384. The van der Waals surface area contributed by atoms with Crippen LogP contribution < -0.4 is 26.3 Å². The van der Waals surface area contributed by atoms with Gasteiger partial charge < -0.3 is 30.7 Å². The maximum absolute atomic E-state index is 13.1. The van der Waals surface area contributed by atoms with E-state index in [1.165, 1.54) is 11.1 Å². The Balaban J connectivity index is 1.43. The third-order valence-electron chi connectivity index (χ3n) is 7.46. The number of pyridine rings is 2. The van der Waals surface area contributed by atoms with Crippen molar-refractivity contribution in [2.75, 3.05) is 51.9 Å². The Bertz CT molecular complexity index is 1220. The fraction of sp³-hybridized carbons (Fsp3) is 0.464. The van der Waals surface area contributed by atoms with E-state index < -0.39 is 0 Å². The van der Waals surface area contributed by atoms with Crippen LogP contribution in [-0.2, 0) is 12.8 Å². The Labute approximate surface area is 239 Å². The van der Waals surface area contributed by atoms with Gasteiger partial charge in [0.05, 0.1) is 46.4 Å². The second-order valence-electron chi connectivity index (χ2n) is 10.3. The molecule has 4 heterocycles. The molecule has 3 aromatic rings. The van der Waals surface area contributed by atoms with E-state index >= 15 is 0 Å². The first-order valence-electron chi connectivity index (χ1n) is 13.5. The number of hydrogen-bond donors (Lipinski definition) is 3. The number of hydrogen-bond acceptors (Lipinski definition) is 9. The molecule has 0 aliphatic carbocycles. The molecule has 0 spiro atoms. The Hall–Kier alpha value is -3.70. The Kier molecular flexibility index (Phi) is 9.94. The van der Waals surface area contributed by atoms with Gasteiger partial charge in [-0.3, -0.25) is 4.79 Å². The van der Waals surface area contributed by atoms with Gasteiger partial charge in [-0.1, -0.05) is 23.7 Å². The third kappa shape index (κ3) is 7.70. The number of halogens is 1. The zero-order chi connectivity index (χ0) is 28.5. The summed E-state index contributed by atoms with van der Waals surface area (Å²) in [5.41, 5.74) is 14.0. The largest absolute Gasteiger partial charge is 0.481 e. The summed E-state index contributed by atoms with van der Waals surface area (Å²) in [5, 5.41) is 3.10. The van der Waals surface area contributed by atoms with Crippen molar-refractivity contribution >= 4 is 29.1 Å². The van der Waals surface area contributed by atoms with Crippen LogP contribution in [0.3, 0.4) is 0 Å². The molecule has 0 unspecified atom stereocenters. The molecule has 40 heavy (non-hydrogen) atoms. The van der Waals surface area contributed by atoms with Crippen molar-refractivity contribution in [2.45, 2.75) is 44.6 Å². The minimum absolute atomic E-state index is 0.00175. The molecule has 1 aliphatic rings. The van der Waals surface area contributed by atoms with Gasteiger partial charge in [-0.2, -0.15) is 0 Å². The van der Waals surface area contributed by atoms with E-state index in [1.807, 2.05) is 24.5 Å². The zero-order valence-electron chi connectivity index (χ0n) is 23.1. The molecular formula is C28H38ClN8O3+. The van der Waals surface area contributed by atoms with Crippen LogP contribution in [0.5, 0.6) is 11.8 Å². The van der Waals surface area contributed by atoms with Crippen molar-refractivity contribution in [3.05, 3.63) is 58.6 Å². The number of nitrogens with one attached hydrogen (secondary N) is 1. The number of carbonyl (C=O) groups is 1. The van der Waals surface area contributed by atoms with Crippen LogP contribution in [0.25, 0.3) is 0 Å². The Morgan fingerprint density at radius 1 is 0.975 bits per heavy atom. The molecule has 3 aromatic heterocycles. The van der Waals surface area contributed by atoms with Crippen LogP contribution in [0.1, 0.15) is 47.3 Å². The third-order valence-corrected chi connectivity index (χ3v) is 7.74. The highest BCUT2D eigenvalue weighted by Gasteiger charge is 2.35. The van der Waals surface area contributed by atoms with Gasteiger partial charge >= 0.3 is 0 Å². The van der Waals surface area contributed by atoms with Crippen LogP contribution >= 0.6 is 11.6 Å². The van der Waals surface area contributed by atoms with Crippen molar-refractivity contribution in [1.82, 2.24) is 25.3 Å². The summed E-state index contributed by atoms with van der Waals surface area (Å²) in [5.74, 6) is 0.816. The average Bonchev–Trinajstić information content (AvgIpc) is 2.96. The maximum atomic E-state index is 13.1. The van der Waals surface area contributed by atoms with Gasteiger partial charge in [0, 0.05) is 37.4 Å². The number of aryl methyl sites for hydroxylation is 2. The summed E-state index contributed by atoms with van der Waals surface area (Å²) in [4.78, 5) is 29.8. The fourth-order valence-electron chi connectivity index (χ4n) is 5.42. The number of quaternary nitrogens is 1. The number of nitrogen functional groups attached to an aromatic ring is 2. The number of nitrogens with zero attached hydrogens (tertiary/aromatic N) is 5. The molecule has 0 aromatic carbocycles. The van der Waals surface area contributed by atoms with E-state index in [0.717, 1.165) is 69.2 Å². The summed E-state index contributed by atoms with van der Waals surface area (Å²) in [6.07, 6.45) is 9.49. The lowest BCUT2D eigenvalue weighted by atomic mass is 9.99. The van der Waals surface area contributed by atoms with Gasteiger partial charge in [-0.25, -0.2) is 19.9 Å². The van der Waals surface area contributed by atoms with Crippen LogP contribution in [-0.4, -0.2) is 76.8 Å². The number of methoxy groups -OCH3 is 2. The number of piperidine rings is 1. The van der Waals surface area contributed by atoms with Crippen molar-refractivity contribution < 1.29 is 18.8 Å². The molecule has 5 N–H and O–H groups in total. The molecule has 1 aliphatic heterocycles. The molecule has 4 rings (SSSR count). The molecule has 1 saturated heterocycles. The zero-order valence-corrected chi connectivity index (χ0v) is 23.9. The lowest BCUT2D eigenvalue weighted by Gasteiger charge is -2.45. The first kappa shape index (κ1) is 29.3. The molecule has 1 atom stereocenters. The van der Waals surface area contributed by atoms with Gasteiger partial charge in [0.15, 0.2) is 22.5 Å². The smallest absolute Gasteiger partial charge is 0.274 e. The SMILES string of the molecule is COc1ccc(CCC[N+]2(CCCc3ccc(OC)nc3)CCC[C@H](NC(=O)c3nc(Cl)c(N)nc3N)C2)cn1. The average molecular weight is 570 g/mol. The Morgan fingerprint density at radius 2 is 1.57 bits per heavy atom. The number of nitrogens with two attached hydrogens (primary N) is 2. The van der Waals surface area contributed by atoms with Gasteiger partial charge in [0.1, 0.15) is 0 Å². The van der Waals surface area contributed by atoms with Crippen molar-refractivity contribution in [2.24, 2.45) is 0 Å². The quantitative estimate of drug-likeness (QED) is 0.279. The lowest BCUT2D eigenvalue weighted by molar-refractivity contribution is -0.933. The van der Waals surface area contributed by atoms with E-state index in [-0.39, 0.29) is 34.4 Å². The van der Waals surface area contributed by atoms with Gasteiger partial charge in [-0.05, 0) is 36.8 Å². The summed E-state index contributed by atoms with van der Waals surface area (Å²) in [6.45, 7) is 3.87. The molecule has 214 valence electrons. The normalized spacial score (nSPS) is 16.3. The molecule has 11 nitrogen and oxygen atoms in total. The highest BCUT2D eigenvalue weighted by molar-refractivity contribution is 6.31. The lowest BCUT2D eigenvalue weighted by Crippen LogP contribution is -2.60. The Morgan fingerprint density at radius 3 is 2.10 bits per heavy atom. The van der Waals surface area contributed by atoms with Crippen molar-refractivity contribution in [3.8, 4) is 11.8 Å². The van der Waals surface area contributed by atoms with Crippen molar-refractivity contribution in [3.63, 3.8) is 0 Å². The molecule has 0 saturated carbocycles. The molecule has 0 bridgehead atoms. The number of aromatic nitrogens is 4. The van der Waals surface area contributed by atoms with E-state index in [2.05, 4.69) is 37.4 Å². The minimum Gasteiger partial charge on any atom is -0.481 e. The number of rotatable bonds is 12. The molecule has 0 radical (unpaired) electrons. The summed E-state index contributed by atoms with van der Waals surface area (Å²) < 4.78 is 11.3. The highest BCUT2D eigenvalue weighted by Crippen LogP contribution is 2.24. The number of likely N-dealkylation sites (tertiary alicyclic amines) is 1. The van der Waals surface area contributed by atoms with E-state index in [9.17, 15) is 4.79 Å². The first-order chi connectivity index (χ1) is 19.3. The second-order valence-corrected chi connectivity index (χ2v) is 10.6. The summed E-state index contributed by atoms with van der Waals surface area (Å²) in [7, 11) is 3.23. The molecular weight excluding hydrogens is 532 g/mol. The number of anilines is 2. The predicted octanol–water partition coefficient (Wildman–Crippen LogP) is 3.08. The van der Waals surface area contributed by atoms with E-state index in [4.69, 9.17) is 32.5 Å². The monoisotopic (exact) mass is 569 g/mol. The standard InChI is InChI=1S/C28H37ClN8O3/c1-39-22-11-9-19(16-32-22)6-3-13-37(14-4-7-20-10-12-23(40-2)33-17-20)15-5-8-21(18-37)34-28(38)24-26(30)36-27(31)25(29)35-24/h9-12,16-17,21H,3-8,13-15,18H2,1-2H3,(H4-,30,31,34,36,38)/p+1/t21-/m0/s1. The van der Waals surface area contributed by atoms with Crippen LogP contribution in [0.15, 0.2) is 36.7 Å². The number of carbonyl (C=O) groups excluding carboxylic acids is 1. The topological polar surface area (TPSA) is 151 Å². The molecule has 1 fully saturated rings. The summed E-state index contributed by atoms with van der Waals surface area (Å²) in [6, 6.07) is 7.90. The highest BCUT2D eigenvalue weighted by atomic mass is 35.5. The van der Waals surface area contributed by atoms with Gasteiger partial charge in [0.25, 0.3) is 5.91 Å². The molecule has 1 amide bonds. The predicted molar refractivity (Wildman–Crippen MR) is 154 cm³/mol. The van der Waals surface area contributed by atoms with Crippen LogP contribution in [0.2, 0.25) is 5.15 Å². The number of ether oxygens (including phenoxy) is 2. The molecule has 12 heteroatoms. The van der Waals surface area contributed by atoms with Crippen LogP contribution in [0, 0.1) is 0 Å². The van der Waals surface area contributed by atoms with Gasteiger partial charge in [0.2, 0.25) is 11.8 Å². The van der Waals surface area contributed by atoms with Crippen molar-refractivity contribution in [1.29, 1.82) is 0 Å². The fourth-order valence-corrected chi connectivity index (χ4v) is 5.54. The van der Waals surface area contributed by atoms with Gasteiger partial charge in [-0.15, -0.1) is 0 Å².